The maximum atomic E-state index is 11.7. The van der Waals surface area contributed by atoms with Crippen LogP contribution in [0.5, 0.6) is 0 Å². The van der Waals surface area contributed by atoms with Gasteiger partial charge in [0, 0.05) is 12.7 Å². The van der Waals surface area contributed by atoms with Crippen molar-refractivity contribution < 1.29 is 24.4 Å². The maximum absolute atomic E-state index is 11.7. The van der Waals surface area contributed by atoms with Crippen molar-refractivity contribution in [2.75, 3.05) is 25.5 Å². The quantitative estimate of drug-likeness (QED) is 0.591. The second kappa shape index (κ2) is 8.78. The zero-order valence-electron chi connectivity index (χ0n) is 13.0. The summed E-state index contributed by atoms with van der Waals surface area (Å²) in [6.07, 6.45) is -0.178. The number of quaternary nitrogens is 1. The van der Waals surface area contributed by atoms with Gasteiger partial charge in [-0.2, -0.15) is 0 Å². The van der Waals surface area contributed by atoms with Gasteiger partial charge in [0.2, 0.25) is 0 Å². The zero-order valence-corrected chi connectivity index (χ0v) is 13.0. The molecular weight excluding hydrogens is 286 g/mol. The van der Waals surface area contributed by atoms with Crippen LogP contribution >= 0.6 is 0 Å². The minimum Gasteiger partial charge on any atom is -0.459 e. The molecule has 0 radical (unpaired) electrons. The van der Waals surface area contributed by atoms with Gasteiger partial charge < -0.3 is 20.7 Å². The fourth-order valence-corrected chi connectivity index (χ4v) is 1.62. The molecular formula is C15H22N3O4+. The fourth-order valence-electron chi connectivity index (χ4n) is 1.62. The molecule has 0 spiro atoms. The minimum absolute atomic E-state index is 0.138. The lowest BCUT2D eigenvalue weighted by Gasteiger charge is -2.08. The summed E-state index contributed by atoms with van der Waals surface area (Å²) in [5.74, 6) is -0.756. The molecule has 0 aliphatic rings. The Morgan fingerprint density at radius 3 is 2.23 bits per heavy atom. The molecule has 2 amide bonds. The Balaban J connectivity index is 2.45. The first kappa shape index (κ1) is 17.6. The van der Waals surface area contributed by atoms with Gasteiger partial charge in [-0.15, -0.1) is 0 Å². The molecule has 0 aromatic heterocycles. The average molecular weight is 308 g/mol. The second-order valence-corrected chi connectivity index (χ2v) is 4.95. The molecule has 4 N–H and O–H groups in total. The van der Waals surface area contributed by atoms with Crippen molar-refractivity contribution >= 4 is 23.5 Å². The van der Waals surface area contributed by atoms with E-state index in [0.717, 1.165) is 0 Å². The van der Waals surface area contributed by atoms with Crippen LogP contribution in [-0.4, -0.2) is 44.0 Å². The Morgan fingerprint density at radius 1 is 1.09 bits per heavy atom. The lowest BCUT2D eigenvalue weighted by Crippen LogP contribution is -2.88. The Hall–Kier alpha value is -2.41. The Kier molecular flexibility index (Phi) is 7.04. The van der Waals surface area contributed by atoms with Gasteiger partial charge in [0.25, 0.3) is 11.8 Å². The summed E-state index contributed by atoms with van der Waals surface area (Å²) in [4.78, 5) is 34.4. The number of amides is 2. The van der Waals surface area contributed by atoms with Gasteiger partial charge in [0.15, 0.2) is 13.1 Å². The van der Waals surface area contributed by atoms with Crippen LogP contribution in [0.2, 0.25) is 0 Å². The zero-order chi connectivity index (χ0) is 16.5. The number of nitrogens with one attached hydrogen (secondary N) is 2. The summed E-state index contributed by atoms with van der Waals surface area (Å²) in [6, 6.07) is 6.45. The van der Waals surface area contributed by atoms with Crippen LogP contribution in [0, 0.1) is 0 Å². The van der Waals surface area contributed by atoms with Crippen molar-refractivity contribution in [2.45, 2.75) is 20.0 Å². The molecule has 0 aliphatic carbocycles. The third-order valence-electron chi connectivity index (χ3n) is 2.69. The molecule has 1 aromatic carbocycles. The Morgan fingerprint density at radius 2 is 1.68 bits per heavy atom. The lowest BCUT2D eigenvalue weighted by atomic mass is 10.2. The van der Waals surface area contributed by atoms with Crippen molar-refractivity contribution in [3.63, 3.8) is 0 Å². The molecule has 0 atom stereocenters. The SMILES string of the molecule is CNC(=O)C[NH2+]CC(=O)Nc1ccc(C(=O)OC(C)C)cc1. The topological polar surface area (TPSA) is 101 Å². The van der Waals surface area contributed by atoms with Crippen molar-refractivity contribution in [3.05, 3.63) is 29.8 Å². The van der Waals surface area contributed by atoms with Gasteiger partial charge in [-0.3, -0.25) is 9.59 Å². The van der Waals surface area contributed by atoms with Crippen LogP contribution in [0.1, 0.15) is 24.2 Å². The van der Waals surface area contributed by atoms with E-state index in [4.69, 9.17) is 4.74 Å². The van der Waals surface area contributed by atoms with Crippen molar-refractivity contribution in [1.82, 2.24) is 5.32 Å². The summed E-state index contributed by atoms with van der Waals surface area (Å²) in [6.45, 7) is 3.90. The second-order valence-electron chi connectivity index (χ2n) is 4.95. The average Bonchev–Trinajstić information content (AvgIpc) is 2.47. The first-order valence-corrected chi connectivity index (χ1v) is 7.05. The van der Waals surface area contributed by atoms with Gasteiger partial charge in [-0.05, 0) is 38.1 Å². The van der Waals surface area contributed by atoms with E-state index in [2.05, 4.69) is 10.6 Å². The number of carbonyl (C=O) groups excluding carboxylic acids is 3. The number of carbonyl (C=O) groups is 3. The number of hydrogen-bond donors (Lipinski definition) is 3. The predicted octanol–water partition coefficient (Wildman–Crippen LogP) is -0.500. The van der Waals surface area contributed by atoms with E-state index >= 15 is 0 Å². The van der Waals surface area contributed by atoms with E-state index in [0.29, 0.717) is 11.3 Å². The van der Waals surface area contributed by atoms with Crippen LogP contribution < -0.4 is 16.0 Å². The van der Waals surface area contributed by atoms with Gasteiger partial charge in [0.1, 0.15) is 0 Å². The summed E-state index contributed by atoms with van der Waals surface area (Å²) in [5.41, 5.74) is 1.01. The molecule has 120 valence electrons. The number of nitrogens with two attached hydrogens (primary N) is 1. The first-order chi connectivity index (χ1) is 10.4. The number of hydrogen-bond acceptors (Lipinski definition) is 4. The minimum atomic E-state index is -0.396. The third-order valence-corrected chi connectivity index (χ3v) is 2.69. The largest absolute Gasteiger partial charge is 0.459 e. The fraction of sp³-hybridized carbons (Fsp3) is 0.400. The van der Waals surface area contributed by atoms with E-state index < -0.39 is 5.97 Å². The van der Waals surface area contributed by atoms with Crippen LogP contribution in [0.15, 0.2) is 24.3 Å². The molecule has 0 fully saturated rings. The van der Waals surface area contributed by atoms with Gasteiger partial charge in [-0.1, -0.05) is 0 Å². The summed E-state index contributed by atoms with van der Waals surface area (Å²) >= 11 is 0. The highest BCUT2D eigenvalue weighted by molar-refractivity contribution is 5.93. The first-order valence-electron chi connectivity index (χ1n) is 7.05. The van der Waals surface area contributed by atoms with Crippen LogP contribution in [0.3, 0.4) is 0 Å². The molecule has 0 aliphatic heterocycles. The highest BCUT2D eigenvalue weighted by Gasteiger charge is 2.10. The van der Waals surface area contributed by atoms with E-state index in [9.17, 15) is 14.4 Å². The normalized spacial score (nSPS) is 10.2. The summed E-state index contributed by atoms with van der Waals surface area (Å²) in [5, 5.41) is 6.76. The molecule has 0 heterocycles. The van der Waals surface area contributed by atoms with E-state index in [-0.39, 0.29) is 31.0 Å². The van der Waals surface area contributed by atoms with E-state index in [1.165, 1.54) is 0 Å². The van der Waals surface area contributed by atoms with Crippen LogP contribution in [0.4, 0.5) is 5.69 Å². The monoisotopic (exact) mass is 308 g/mol. The van der Waals surface area contributed by atoms with Crippen LogP contribution in [-0.2, 0) is 14.3 Å². The van der Waals surface area contributed by atoms with Gasteiger partial charge >= 0.3 is 5.97 Å². The Labute approximate surface area is 129 Å². The van der Waals surface area contributed by atoms with Crippen molar-refractivity contribution in [2.24, 2.45) is 0 Å². The lowest BCUT2D eigenvalue weighted by molar-refractivity contribution is -0.632. The molecule has 1 rings (SSSR count). The smallest absolute Gasteiger partial charge is 0.338 e. The standard InChI is InChI=1S/C15H21N3O4/c1-10(2)22-15(21)11-4-6-12(7-5-11)18-14(20)9-17-8-13(19)16-3/h4-7,10,17H,8-9H2,1-3H3,(H,16,19)(H,18,20)/p+1. The highest BCUT2D eigenvalue weighted by Crippen LogP contribution is 2.11. The van der Waals surface area contributed by atoms with Crippen molar-refractivity contribution in [1.29, 1.82) is 0 Å². The van der Waals surface area contributed by atoms with E-state index in [1.54, 1.807) is 50.5 Å². The predicted molar refractivity (Wildman–Crippen MR) is 81.3 cm³/mol. The molecule has 7 heteroatoms. The van der Waals surface area contributed by atoms with Gasteiger partial charge in [-0.25, -0.2) is 4.79 Å². The molecule has 0 bridgehead atoms. The number of benzene rings is 1. The molecule has 22 heavy (non-hydrogen) atoms. The number of ether oxygens (including phenoxy) is 1. The summed E-state index contributed by atoms with van der Waals surface area (Å²) < 4.78 is 5.07. The van der Waals surface area contributed by atoms with E-state index in [1.807, 2.05) is 0 Å². The molecule has 7 nitrogen and oxygen atoms in total. The Bertz CT molecular complexity index is 526. The van der Waals surface area contributed by atoms with Crippen LogP contribution in [0.25, 0.3) is 0 Å². The number of rotatable bonds is 7. The maximum Gasteiger partial charge on any atom is 0.338 e. The third kappa shape index (κ3) is 6.36. The number of likely N-dealkylation sites (N-methyl/N-ethyl adjacent to an activating group) is 1. The molecule has 1 aromatic rings. The van der Waals surface area contributed by atoms with Gasteiger partial charge in [0.05, 0.1) is 11.7 Å². The molecule has 0 saturated carbocycles. The summed E-state index contributed by atoms with van der Waals surface area (Å²) in [7, 11) is 1.54. The molecule has 0 saturated heterocycles. The highest BCUT2D eigenvalue weighted by atomic mass is 16.5. The molecule has 0 unspecified atom stereocenters. The van der Waals surface area contributed by atoms with Crippen molar-refractivity contribution in [3.8, 4) is 0 Å². The number of esters is 1. The number of anilines is 1.